The van der Waals surface area contributed by atoms with Crippen molar-refractivity contribution < 1.29 is 4.79 Å². The molecule has 0 saturated carbocycles. The van der Waals surface area contributed by atoms with Crippen LogP contribution in [0.1, 0.15) is 35.7 Å². The second-order valence-electron chi connectivity index (χ2n) is 6.90. The third-order valence-electron chi connectivity index (χ3n) is 4.87. The summed E-state index contributed by atoms with van der Waals surface area (Å²) < 4.78 is 0. The number of rotatable bonds is 4. The van der Waals surface area contributed by atoms with E-state index in [9.17, 15) is 4.79 Å². The molecule has 4 rings (SSSR count). The molecule has 1 saturated heterocycles. The number of aryl methyl sites for hydroxylation is 1. The fraction of sp³-hybridized carbons (Fsp3) is 0.333. The lowest BCUT2D eigenvalue weighted by molar-refractivity contribution is 0.0794. The van der Waals surface area contributed by atoms with Crippen LogP contribution in [0.4, 0.5) is 5.95 Å². The summed E-state index contributed by atoms with van der Waals surface area (Å²) in [4.78, 5) is 28.5. The van der Waals surface area contributed by atoms with E-state index in [1.807, 2.05) is 43.0 Å². The lowest BCUT2D eigenvalue weighted by Gasteiger charge is -2.17. The second-order valence-corrected chi connectivity index (χ2v) is 6.90. The average Bonchev–Trinajstić information content (AvgIpc) is 3.22. The van der Waals surface area contributed by atoms with Gasteiger partial charge >= 0.3 is 0 Å². The van der Waals surface area contributed by atoms with Crippen LogP contribution < -0.4 is 5.32 Å². The molecule has 27 heavy (non-hydrogen) atoms. The number of likely N-dealkylation sites (tertiary alicyclic amines) is 1. The molecule has 0 spiro atoms. The van der Waals surface area contributed by atoms with Gasteiger partial charge in [-0.2, -0.15) is 0 Å². The number of pyridine rings is 1. The van der Waals surface area contributed by atoms with Gasteiger partial charge in [0.1, 0.15) is 0 Å². The molecule has 0 unspecified atom stereocenters. The first-order valence-electron chi connectivity index (χ1n) is 9.42. The standard InChI is InChI=1S/C21H23N5O/c1-3-22-21-23-12-15(13-24-21)18-11-17(20(27)26-8-4-5-9-26)16-7-6-14(2)10-19(16)25-18/h6-7,10-13H,3-5,8-9H2,1-2H3,(H,22,23,24). The Kier molecular flexibility index (Phi) is 4.71. The molecule has 138 valence electrons. The molecule has 1 aliphatic heterocycles. The van der Waals surface area contributed by atoms with E-state index in [0.29, 0.717) is 11.5 Å². The topological polar surface area (TPSA) is 71.0 Å². The van der Waals surface area contributed by atoms with E-state index in [1.165, 1.54) is 0 Å². The van der Waals surface area contributed by atoms with Crippen molar-refractivity contribution in [1.82, 2.24) is 19.9 Å². The molecule has 0 aliphatic carbocycles. The normalized spacial score (nSPS) is 13.9. The number of benzene rings is 1. The first-order chi connectivity index (χ1) is 13.2. The highest BCUT2D eigenvalue weighted by Gasteiger charge is 2.22. The van der Waals surface area contributed by atoms with Crippen LogP contribution in [0.2, 0.25) is 0 Å². The minimum atomic E-state index is 0.0789. The number of amides is 1. The van der Waals surface area contributed by atoms with Gasteiger partial charge in [0.25, 0.3) is 5.91 Å². The van der Waals surface area contributed by atoms with Crippen molar-refractivity contribution in [2.24, 2.45) is 0 Å². The maximum atomic E-state index is 13.1. The molecule has 6 nitrogen and oxygen atoms in total. The van der Waals surface area contributed by atoms with E-state index in [0.717, 1.165) is 60.2 Å². The van der Waals surface area contributed by atoms with E-state index in [4.69, 9.17) is 4.98 Å². The molecule has 3 aromatic rings. The summed E-state index contributed by atoms with van der Waals surface area (Å²) in [6.07, 6.45) is 5.64. The Morgan fingerprint density at radius 2 is 1.89 bits per heavy atom. The summed E-state index contributed by atoms with van der Waals surface area (Å²) in [6.45, 7) is 6.45. The maximum absolute atomic E-state index is 13.1. The summed E-state index contributed by atoms with van der Waals surface area (Å²) in [5, 5.41) is 3.98. The Labute approximate surface area is 158 Å². The van der Waals surface area contributed by atoms with Crippen LogP contribution >= 0.6 is 0 Å². The highest BCUT2D eigenvalue weighted by molar-refractivity contribution is 6.07. The average molecular weight is 361 g/mol. The van der Waals surface area contributed by atoms with Gasteiger partial charge < -0.3 is 10.2 Å². The number of anilines is 1. The Balaban J connectivity index is 1.82. The van der Waals surface area contributed by atoms with Crippen LogP contribution in [0.15, 0.2) is 36.7 Å². The molecule has 1 aliphatic rings. The highest BCUT2D eigenvalue weighted by Crippen LogP contribution is 2.27. The summed E-state index contributed by atoms with van der Waals surface area (Å²) in [5.74, 6) is 0.668. The van der Waals surface area contributed by atoms with Crippen LogP contribution in [-0.4, -0.2) is 45.4 Å². The third-order valence-corrected chi connectivity index (χ3v) is 4.87. The van der Waals surface area contributed by atoms with Gasteiger partial charge in [0.15, 0.2) is 0 Å². The smallest absolute Gasteiger partial charge is 0.254 e. The fourth-order valence-electron chi connectivity index (χ4n) is 3.46. The minimum Gasteiger partial charge on any atom is -0.355 e. The number of hydrogen-bond donors (Lipinski definition) is 1. The quantitative estimate of drug-likeness (QED) is 0.768. The van der Waals surface area contributed by atoms with Crippen molar-refractivity contribution in [1.29, 1.82) is 0 Å². The Morgan fingerprint density at radius 1 is 1.15 bits per heavy atom. The van der Waals surface area contributed by atoms with Gasteiger partial charge in [0.05, 0.1) is 16.8 Å². The zero-order chi connectivity index (χ0) is 18.8. The van der Waals surface area contributed by atoms with Gasteiger partial charge in [-0.15, -0.1) is 0 Å². The van der Waals surface area contributed by atoms with Gasteiger partial charge in [-0.25, -0.2) is 15.0 Å². The largest absolute Gasteiger partial charge is 0.355 e. The predicted molar refractivity (Wildman–Crippen MR) is 107 cm³/mol. The summed E-state index contributed by atoms with van der Waals surface area (Å²) in [7, 11) is 0. The van der Waals surface area contributed by atoms with Crippen LogP contribution in [-0.2, 0) is 0 Å². The van der Waals surface area contributed by atoms with Crippen molar-refractivity contribution in [2.45, 2.75) is 26.7 Å². The summed E-state index contributed by atoms with van der Waals surface area (Å²) >= 11 is 0. The SMILES string of the molecule is CCNc1ncc(-c2cc(C(=O)N3CCCC3)c3ccc(C)cc3n2)cn1. The number of carbonyl (C=O) groups excluding carboxylic acids is 1. The zero-order valence-electron chi connectivity index (χ0n) is 15.7. The Bertz CT molecular complexity index is 978. The molecule has 2 aromatic heterocycles. The van der Waals surface area contributed by atoms with Crippen molar-refractivity contribution in [3.8, 4) is 11.3 Å². The molecular formula is C21H23N5O. The number of aromatic nitrogens is 3. The van der Waals surface area contributed by atoms with E-state index in [1.54, 1.807) is 12.4 Å². The van der Waals surface area contributed by atoms with E-state index < -0.39 is 0 Å². The van der Waals surface area contributed by atoms with E-state index >= 15 is 0 Å². The van der Waals surface area contributed by atoms with Crippen molar-refractivity contribution in [3.05, 3.63) is 47.8 Å². The van der Waals surface area contributed by atoms with Gasteiger partial charge in [-0.3, -0.25) is 4.79 Å². The minimum absolute atomic E-state index is 0.0789. The molecule has 0 radical (unpaired) electrons. The Hall–Kier alpha value is -3.02. The molecule has 1 fully saturated rings. The first-order valence-corrected chi connectivity index (χ1v) is 9.42. The molecule has 6 heteroatoms. The van der Waals surface area contributed by atoms with Crippen LogP contribution in [0, 0.1) is 6.92 Å². The van der Waals surface area contributed by atoms with Crippen LogP contribution in [0.25, 0.3) is 22.2 Å². The molecule has 1 amide bonds. The number of fused-ring (bicyclic) bond motifs is 1. The predicted octanol–water partition coefficient (Wildman–Crippen LogP) is 3.67. The first kappa shape index (κ1) is 17.4. The highest BCUT2D eigenvalue weighted by atomic mass is 16.2. The lowest BCUT2D eigenvalue weighted by Crippen LogP contribution is -2.27. The monoisotopic (exact) mass is 361 g/mol. The van der Waals surface area contributed by atoms with Crippen LogP contribution in [0.3, 0.4) is 0 Å². The molecule has 1 N–H and O–H groups in total. The lowest BCUT2D eigenvalue weighted by atomic mass is 10.0. The van der Waals surface area contributed by atoms with Gasteiger partial charge in [-0.05, 0) is 44.4 Å². The third kappa shape index (κ3) is 3.47. The van der Waals surface area contributed by atoms with Crippen LogP contribution in [0.5, 0.6) is 0 Å². The fourth-order valence-corrected chi connectivity index (χ4v) is 3.46. The van der Waals surface area contributed by atoms with E-state index in [-0.39, 0.29) is 5.91 Å². The maximum Gasteiger partial charge on any atom is 0.254 e. The Morgan fingerprint density at radius 3 is 2.59 bits per heavy atom. The van der Waals surface area contributed by atoms with Crippen molar-refractivity contribution in [2.75, 3.05) is 25.0 Å². The van der Waals surface area contributed by atoms with E-state index in [2.05, 4.69) is 15.3 Å². The second kappa shape index (κ2) is 7.31. The number of carbonyl (C=O) groups is 1. The van der Waals surface area contributed by atoms with Gasteiger partial charge in [0.2, 0.25) is 5.95 Å². The van der Waals surface area contributed by atoms with Gasteiger partial charge in [0, 0.05) is 43.0 Å². The zero-order valence-corrected chi connectivity index (χ0v) is 15.7. The van der Waals surface area contributed by atoms with Gasteiger partial charge in [-0.1, -0.05) is 12.1 Å². The number of nitrogens with zero attached hydrogens (tertiary/aromatic N) is 4. The molecular weight excluding hydrogens is 338 g/mol. The number of hydrogen-bond acceptors (Lipinski definition) is 5. The van der Waals surface area contributed by atoms with Crippen molar-refractivity contribution in [3.63, 3.8) is 0 Å². The molecule has 3 heterocycles. The number of nitrogens with one attached hydrogen (secondary N) is 1. The molecule has 1 aromatic carbocycles. The van der Waals surface area contributed by atoms with Crippen molar-refractivity contribution >= 4 is 22.8 Å². The summed E-state index contributed by atoms with van der Waals surface area (Å²) in [6, 6.07) is 7.92. The molecule has 0 atom stereocenters. The molecule has 0 bridgehead atoms. The summed E-state index contributed by atoms with van der Waals surface area (Å²) in [5.41, 5.74) is 4.16.